The monoisotopic (exact) mass is 326 g/mol. The maximum absolute atomic E-state index is 6.42. The van der Waals surface area contributed by atoms with E-state index in [4.69, 9.17) is 16.3 Å². The normalized spacial score (nSPS) is 10.7. The third-order valence-corrected chi connectivity index (χ3v) is 4.21. The van der Waals surface area contributed by atoms with E-state index in [0.29, 0.717) is 11.6 Å². The van der Waals surface area contributed by atoms with Crippen LogP contribution in [0, 0.1) is 13.8 Å². The highest BCUT2D eigenvalue weighted by Gasteiger charge is 2.08. The minimum absolute atomic E-state index is 0.538. The van der Waals surface area contributed by atoms with Crippen molar-refractivity contribution in [2.45, 2.75) is 27.0 Å². The third-order valence-electron chi connectivity index (χ3n) is 3.86. The first kappa shape index (κ1) is 15.6. The second-order valence-corrected chi connectivity index (χ2v) is 5.97. The van der Waals surface area contributed by atoms with Gasteiger partial charge in [0.15, 0.2) is 0 Å². The van der Waals surface area contributed by atoms with Gasteiger partial charge in [0.1, 0.15) is 18.2 Å². The number of hydrogen-bond acceptors (Lipinski definition) is 2. The van der Waals surface area contributed by atoms with Crippen molar-refractivity contribution in [3.05, 3.63) is 82.4 Å². The van der Waals surface area contributed by atoms with E-state index in [0.717, 1.165) is 34.9 Å². The summed E-state index contributed by atoms with van der Waals surface area (Å²) in [5, 5.41) is 0.711. The Balaban J connectivity index is 1.71. The zero-order valence-corrected chi connectivity index (χ0v) is 14.0. The number of halogens is 1. The quantitative estimate of drug-likeness (QED) is 0.674. The summed E-state index contributed by atoms with van der Waals surface area (Å²) in [6, 6.07) is 15.9. The molecule has 0 amide bonds. The molecule has 0 fully saturated rings. The van der Waals surface area contributed by atoms with Crippen molar-refractivity contribution >= 4 is 11.6 Å². The van der Waals surface area contributed by atoms with Crippen molar-refractivity contribution in [2.24, 2.45) is 0 Å². The van der Waals surface area contributed by atoms with Gasteiger partial charge in [-0.15, -0.1) is 0 Å². The topological polar surface area (TPSA) is 27.1 Å². The zero-order valence-electron chi connectivity index (χ0n) is 13.3. The van der Waals surface area contributed by atoms with Crippen LogP contribution >= 0.6 is 11.6 Å². The van der Waals surface area contributed by atoms with Crippen LogP contribution in [0.2, 0.25) is 5.02 Å². The zero-order chi connectivity index (χ0) is 16.2. The number of nitrogens with zero attached hydrogens (tertiary/aromatic N) is 2. The van der Waals surface area contributed by atoms with Gasteiger partial charge in [-0.1, -0.05) is 48.0 Å². The molecule has 23 heavy (non-hydrogen) atoms. The highest BCUT2D eigenvalue weighted by molar-refractivity contribution is 6.31. The van der Waals surface area contributed by atoms with Crippen LogP contribution in [0.5, 0.6) is 5.75 Å². The maximum Gasteiger partial charge on any atom is 0.121 e. The predicted octanol–water partition coefficient (Wildman–Crippen LogP) is 4.78. The second-order valence-electron chi connectivity index (χ2n) is 5.56. The molecule has 0 saturated carbocycles. The molecule has 0 aliphatic heterocycles. The summed E-state index contributed by atoms with van der Waals surface area (Å²) in [6.07, 6.45) is 1.88. The lowest BCUT2D eigenvalue weighted by atomic mass is 10.2. The average Bonchev–Trinajstić information content (AvgIpc) is 2.88. The summed E-state index contributed by atoms with van der Waals surface area (Å²) in [5.41, 5.74) is 3.32. The molecule has 0 radical (unpaired) electrons. The largest absolute Gasteiger partial charge is 0.489 e. The van der Waals surface area contributed by atoms with E-state index in [-0.39, 0.29) is 0 Å². The van der Waals surface area contributed by atoms with Gasteiger partial charge in [0.2, 0.25) is 0 Å². The molecule has 0 saturated heterocycles. The Morgan fingerprint density at radius 1 is 1.09 bits per heavy atom. The number of rotatable bonds is 5. The van der Waals surface area contributed by atoms with Crippen LogP contribution in [0.25, 0.3) is 0 Å². The van der Waals surface area contributed by atoms with E-state index >= 15 is 0 Å². The van der Waals surface area contributed by atoms with Crippen LogP contribution in [-0.4, -0.2) is 9.55 Å². The molecule has 0 bridgehead atoms. The highest BCUT2D eigenvalue weighted by atomic mass is 35.5. The Bertz CT molecular complexity index is 777. The lowest BCUT2D eigenvalue weighted by Crippen LogP contribution is -2.04. The van der Waals surface area contributed by atoms with E-state index < -0.39 is 0 Å². The van der Waals surface area contributed by atoms with Crippen molar-refractivity contribution in [3.8, 4) is 5.75 Å². The fourth-order valence-corrected chi connectivity index (χ4v) is 2.71. The van der Waals surface area contributed by atoms with Gasteiger partial charge >= 0.3 is 0 Å². The fourth-order valence-electron chi connectivity index (χ4n) is 2.48. The van der Waals surface area contributed by atoms with Crippen molar-refractivity contribution in [1.82, 2.24) is 9.55 Å². The first-order valence-electron chi connectivity index (χ1n) is 7.57. The summed E-state index contributed by atoms with van der Waals surface area (Å²) in [6.45, 7) is 5.30. The number of imidazole rings is 1. The molecule has 0 unspecified atom stereocenters. The number of hydrogen-bond donors (Lipinski definition) is 0. The fraction of sp³-hybridized carbons (Fsp3) is 0.211. The van der Waals surface area contributed by atoms with Gasteiger partial charge in [0.25, 0.3) is 0 Å². The smallest absolute Gasteiger partial charge is 0.121 e. The number of ether oxygens (including phenoxy) is 1. The third kappa shape index (κ3) is 3.74. The van der Waals surface area contributed by atoms with Crippen LogP contribution in [0.3, 0.4) is 0 Å². The first-order valence-corrected chi connectivity index (χ1v) is 7.95. The molecule has 118 valence electrons. The Morgan fingerprint density at radius 2 is 1.87 bits per heavy atom. The van der Waals surface area contributed by atoms with Crippen molar-refractivity contribution < 1.29 is 4.74 Å². The van der Waals surface area contributed by atoms with Gasteiger partial charge in [0, 0.05) is 16.9 Å². The Labute approximate surface area is 141 Å². The first-order chi connectivity index (χ1) is 11.1. The summed E-state index contributed by atoms with van der Waals surface area (Å²) < 4.78 is 7.95. The van der Waals surface area contributed by atoms with Gasteiger partial charge in [-0.2, -0.15) is 0 Å². The number of benzene rings is 2. The number of aryl methyl sites for hydroxylation is 2. The standard InChI is InChI=1S/C19H19ClN2O/c1-14-11-21-15(2)22(14)12-17-8-9-18(10-19(17)20)23-13-16-6-4-3-5-7-16/h3-11H,12-13H2,1-2H3. The second kappa shape index (κ2) is 6.88. The Morgan fingerprint density at radius 3 is 2.52 bits per heavy atom. The molecule has 3 aromatic rings. The SMILES string of the molecule is Cc1cnc(C)n1Cc1ccc(OCc2ccccc2)cc1Cl. The average molecular weight is 327 g/mol. The molecule has 1 aromatic heterocycles. The van der Waals surface area contributed by atoms with E-state index in [1.165, 1.54) is 0 Å². The van der Waals surface area contributed by atoms with E-state index in [2.05, 4.69) is 9.55 Å². The molecule has 0 aliphatic carbocycles. The number of aromatic nitrogens is 2. The van der Waals surface area contributed by atoms with Gasteiger partial charge in [-0.05, 0) is 37.1 Å². The molecule has 3 rings (SSSR count). The molecule has 0 atom stereocenters. The van der Waals surface area contributed by atoms with E-state index in [1.807, 2.05) is 68.6 Å². The Kier molecular flexibility index (Phi) is 4.68. The molecule has 3 nitrogen and oxygen atoms in total. The van der Waals surface area contributed by atoms with Gasteiger partial charge < -0.3 is 9.30 Å². The molecular formula is C19H19ClN2O. The lowest BCUT2D eigenvalue weighted by molar-refractivity contribution is 0.306. The van der Waals surface area contributed by atoms with Crippen molar-refractivity contribution in [3.63, 3.8) is 0 Å². The van der Waals surface area contributed by atoms with Crippen molar-refractivity contribution in [1.29, 1.82) is 0 Å². The molecule has 4 heteroatoms. The van der Waals surface area contributed by atoms with Crippen LogP contribution in [-0.2, 0) is 13.2 Å². The highest BCUT2D eigenvalue weighted by Crippen LogP contribution is 2.24. The minimum Gasteiger partial charge on any atom is -0.489 e. The Hall–Kier alpha value is -2.26. The van der Waals surface area contributed by atoms with Crippen molar-refractivity contribution in [2.75, 3.05) is 0 Å². The van der Waals surface area contributed by atoms with Gasteiger partial charge in [0.05, 0.1) is 6.54 Å². The summed E-state index contributed by atoms with van der Waals surface area (Å²) in [5.74, 6) is 1.77. The molecule has 0 N–H and O–H groups in total. The molecule has 2 aromatic carbocycles. The maximum atomic E-state index is 6.42. The van der Waals surface area contributed by atoms with E-state index in [9.17, 15) is 0 Å². The van der Waals surface area contributed by atoms with Crippen LogP contribution in [0.15, 0.2) is 54.7 Å². The molecule has 0 aliphatic rings. The minimum atomic E-state index is 0.538. The van der Waals surface area contributed by atoms with Crippen LogP contribution < -0.4 is 4.74 Å². The summed E-state index contributed by atoms with van der Waals surface area (Å²) in [7, 11) is 0. The summed E-state index contributed by atoms with van der Waals surface area (Å²) >= 11 is 6.42. The molecule has 0 spiro atoms. The molecular weight excluding hydrogens is 308 g/mol. The van der Waals surface area contributed by atoms with Crippen LogP contribution in [0.4, 0.5) is 0 Å². The lowest BCUT2D eigenvalue weighted by Gasteiger charge is -2.12. The predicted molar refractivity (Wildman–Crippen MR) is 93.0 cm³/mol. The molecule has 1 heterocycles. The summed E-state index contributed by atoms with van der Waals surface area (Å²) in [4.78, 5) is 4.32. The van der Waals surface area contributed by atoms with Crippen LogP contribution in [0.1, 0.15) is 22.6 Å². The van der Waals surface area contributed by atoms with E-state index in [1.54, 1.807) is 0 Å². The van der Waals surface area contributed by atoms with Gasteiger partial charge in [-0.25, -0.2) is 4.98 Å². The van der Waals surface area contributed by atoms with Gasteiger partial charge in [-0.3, -0.25) is 0 Å².